The Bertz CT molecular complexity index is 436. The molecule has 1 aliphatic heterocycles. The molecule has 0 unspecified atom stereocenters. The van der Waals surface area contributed by atoms with Crippen LogP contribution >= 0.6 is 0 Å². The Morgan fingerprint density at radius 2 is 1.75 bits per heavy atom. The van der Waals surface area contributed by atoms with Crippen LogP contribution in [0.25, 0.3) is 5.57 Å². The van der Waals surface area contributed by atoms with Gasteiger partial charge >= 0.3 is 6.18 Å². The van der Waals surface area contributed by atoms with E-state index in [4.69, 9.17) is 0 Å². The lowest BCUT2D eigenvalue weighted by molar-refractivity contribution is -0.148. The molecule has 0 spiro atoms. The monoisotopic (exact) mass is 227 g/mol. The summed E-state index contributed by atoms with van der Waals surface area (Å²) in [5, 5.41) is 1.89. The average Bonchev–Trinajstić information content (AvgIpc) is 2.61. The summed E-state index contributed by atoms with van der Waals surface area (Å²) in [7, 11) is 0. The maximum absolute atomic E-state index is 12.4. The first-order valence-corrected chi connectivity index (χ1v) is 4.63. The first-order chi connectivity index (χ1) is 7.48. The van der Waals surface area contributed by atoms with Crippen LogP contribution in [0.4, 0.5) is 13.2 Å². The van der Waals surface area contributed by atoms with Crippen LogP contribution in [0, 0.1) is 0 Å². The normalized spacial score (nSPS) is 20.6. The van der Waals surface area contributed by atoms with Gasteiger partial charge in [0.25, 0.3) is 5.91 Å². The number of carbonyl (C=O) groups excluding carboxylic acids is 1. The Morgan fingerprint density at radius 1 is 1.12 bits per heavy atom. The predicted octanol–water partition coefficient (Wildman–Crippen LogP) is 2.13. The second-order valence-electron chi connectivity index (χ2n) is 3.44. The van der Waals surface area contributed by atoms with Gasteiger partial charge in [-0.05, 0) is 11.6 Å². The molecule has 2 rings (SSSR count). The van der Waals surface area contributed by atoms with Gasteiger partial charge in [-0.1, -0.05) is 30.3 Å². The van der Waals surface area contributed by atoms with E-state index in [1.165, 1.54) is 0 Å². The number of rotatable bonds is 1. The number of amides is 1. The minimum atomic E-state index is -4.44. The minimum absolute atomic E-state index is 0.0722. The zero-order valence-corrected chi connectivity index (χ0v) is 8.08. The first-order valence-electron chi connectivity index (χ1n) is 4.63. The highest BCUT2D eigenvalue weighted by Crippen LogP contribution is 2.29. The lowest BCUT2D eigenvalue weighted by Gasteiger charge is -2.12. The molecule has 1 aliphatic rings. The molecule has 0 aromatic heterocycles. The highest BCUT2D eigenvalue weighted by Gasteiger charge is 2.43. The van der Waals surface area contributed by atoms with Crippen molar-refractivity contribution in [2.75, 3.05) is 0 Å². The summed E-state index contributed by atoms with van der Waals surface area (Å²) < 4.78 is 37.1. The molecular weight excluding hydrogens is 219 g/mol. The molecule has 0 saturated carbocycles. The number of hydrogen-bond acceptors (Lipinski definition) is 1. The number of halogens is 3. The molecule has 1 aromatic rings. The molecule has 84 valence electrons. The van der Waals surface area contributed by atoms with Gasteiger partial charge in [-0.15, -0.1) is 0 Å². The van der Waals surface area contributed by atoms with Crippen LogP contribution in [-0.2, 0) is 4.79 Å². The second kappa shape index (κ2) is 3.66. The maximum atomic E-state index is 12.4. The van der Waals surface area contributed by atoms with Crippen LogP contribution in [0.2, 0.25) is 0 Å². The van der Waals surface area contributed by atoms with E-state index in [1.54, 1.807) is 30.3 Å². The largest absolute Gasteiger partial charge is 0.412 e. The van der Waals surface area contributed by atoms with E-state index in [0.717, 1.165) is 6.08 Å². The van der Waals surface area contributed by atoms with Crippen molar-refractivity contribution < 1.29 is 18.0 Å². The summed E-state index contributed by atoms with van der Waals surface area (Å²) >= 11 is 0. The standard InChI is InChI=1S/C11H8F3NO/c12-11(13,14)9-6-8(10(16)15-9)7-4-2-1-3-5-7/h1-6,9H,(H,15,16)/t9-/m1/s1. The molecule has 0 fully saturated rings. The van der Waals surface area contributed by atoms with Gasteiger partial charge in [0, 0.05) is 5.57 Å². The van der Waals surface area contributed by atoms with Crippen molar-refractivity contribution in [2.24, 2.45) is 0 Å². The van der Waals surface area contributed by atoms with Crippen molar-refractivity contribution in [3.63, 3.8) is 0 Å². The summed E-state index contributed by atoms with van der Waals surface area (Å²) in [6, 6.07) is 6.40. The minimum Gasteiger partial charge on any atom is -0.337 e. The van der Waals surface area contributed by atoms with E-state index in [1.807, 2.05) is 5.32 Å². The summed E-state index contributed by atoms with van der Waals surface area (Å²) in [4.78, 5) is 11.4. The lowest BCUT2D eigenvalue weighted by atomic mass is 10.1. The van der Waals surface area contributed by atoms with E-state index in [2.05, 4.69) is 0 Å². The molecule has 1 heterocycles. The van der Waals surface area contributed by atoms with Crippen molar-refractivity contribution in [1.29, 1.82) is 0 Å². The Labute approximate surface area is 89.8 Å². The lowest BCUT2D eigenvalue weighted by Crippen LogP contribution is -2.39. The molecule has 16 heavy (non-hydrogen) atoms. The molecule has 2 nitrogen and oxygen atoms in total. The van der Waals surface area contributed by atoms with E-state index >= 15 is 0 Å². The van der Waals surface area contributed by atoms with Crippen LogP contribution < -0.4 is 5.32 Å². The Hall–Kier alpha value is -1.78. The number of hydrogen-bond donors (Lipinski definition) is 1. The van der Waals surface area contributed by atoms with Gasteiger partial charge in [0.05, 0.1) is 0 Å². The van der Waals surface area contributed by atoms with Gasteiger partial charge < -0.3 is 5.32 Å². The van der Waals surface area contributed by atoms with Crippen LogP contribution in [-0.4, -0.2) is 18.1 Å². The Balaban J connectivity index is 2.33. The SMILES string of the molecule is O=C1N[C@@H](C(F)(F)F)C=C1c1ccccc1. The van der Waals surface area contributed by atoms with Crippen LogP contribution in [0.15, 0.2) is 36.4 Å². The van der Waals surface area contributed by atoms with Gasteiger partial charge in [-0.25, -0.2) is 0 Å². The summed E-state index contributed by atoms with van der Waals surface area (Å²) in [6.45, 7) is 0. The molecule has 0 radical (unpaired) electrons. The van der Waals surface area contributed by atoms with Crippen molar-refractivity contribution in [3.05, 3.63) is 42.0 Å². The van der Waals surface area contributed by atoms with Crippen molar-refractivity contribution in [3.8, 4) is 0 Å². The molecule has 1 aromatic carbocycles. The van der Waals surface area contributed by atoms with Gasteiger partial charge in [0.15, 0.2) is 0 Å². The van der Waals surface area contributed by atoms with E-state index in [-0.39, 0.29) is 5.57 Å². The zero-order chi connectivity index (χ0) is 11.8. The molecule has 1 N–H and O–H groups in total. The fourth-order valence-corrected chi connectivity index (χ4v) is 1.52. The maximum Gasteiger partial charge on any atom is 0.412 e. The number of nitrogens with one attached hydrogen (secondary N) is 1. The highest BCUT2D eigenvalue weighted by molar-refractivity contribution is 6.21. The third-order valence-electron chi connectivity index (χ3n) is 2.30. The summed E-state index contributed by atoms with van der Waals surface area (Å²) in [5.74, 6) is -0.687. The fourth-order valence-electron chi connectivity index (χ4n) is 1.52. The third kappa shape index (κ3) is 1.93. The van der Waals surface area contributed by atoms with Gasteiger partial charge in [0.1, 0.15) is 6.04 Å². The molecular formula is C11H8F3NO. The van der Waals surface area contributed by atoms with Crippen LogP contribution in [0.3, 0.4) is 0 Å². The molecule has 0 bridgehead atoms. The second-order valence-corrected chi connectivity index (χ2v) is 3.44. The third-order valence-corrected chi connectivity index (χ3v) is 2.30. The summed E-state index contributed by atoms with van der Waals surface area (Å²) in [6.07, 6.45) is -3.52. The molecule has 5 heteroatoms. The topological polar surface area (TPSA) is 29.1 Å². The Kier molecular flexibility index (Phi) is 2.46. The van der Waals surface area contributed by atoms with E-state index in [9.17, 15) is 18.0 Å². The van der Waals surface area contributed by atoms with Crippen LogP contribution in [0.5, 0.6) is 0 Å². The van der Waals surface area contributed by atoms with Crippen LogP contribution in [0.1, 0.15) is 5.56 Å². The number of alkyl halides is 3. The Morgan fingerprint density at radius 3 is 2.25 bits per heavy atom. The molecule has 1 amide bonds. The first kappa shape index (κ1) is 10.7. The summed E-state index contributed by atoms with van der Waals surface area (Å²) in [5.41, 5.74) is 0.565. The van der Waals surface area contributed by atoms with Gasteiger partial charge in [-0.3, -0.25) is 4.79 Å². The average molecular weight is 227 g/mol. The fraction of sp³-hybridized carbons (Fsp3) is 0.182. The predicted molar refractivity (Wildman–Crippen MR) is 52.4 cm³/mol. The van der Waals surface area contributed by atoms with Crippen molar-refractivity contribution >= 4 is 11.5 Å². The number of carbonyl (C=O) groups is 1. The van der Waals surface area contributed by atoms with Gasteiger partial charge in [-0.2, -0.15) is 13.2 Å². The van der Waals surface area contributed by atoms with Gasteiger partial charge in [0.2, 0.25) is 0 Å². The quantitative estimate of drug-likeness (QED) is 0.782. The van der Waals surface area contributed by atoms with E-state index in [0.29, 0.717) is 5.56 Å². The zero-order valence-electron chi connectivity index (χ0n) is 8.08. The van der Waals surface area contributed by atoms with Crippen molar-refractivity contribution in [2.45, 2.75) is 12.2 Å². The number of benzene rings is 1. The molecule has 1 atom stereocenters. The molecule has 0 saturated heterocycles. The van der Waals surface area contributed by atoms with Crippen molar-refractivity contribution in [1.82, 2.24) is 5.32 Å². The molecule has 0 aliphatic carbocycles. The smallest absolute Gasteiger partial charge is 0.337 e. The van der Waals surface area contributed by atoms with E-state index < -0.39 is 18.1 Å². The highest BCUT2D eigenvalue weighted by atomic mass is 19.4.